The number of anilines is 2. The normalized spacial score (nSPS) is 13.8. The molecule has 0 aliphatic carbocycles. The molecule has 0 amide bonds. The van der Waals surface area contributed by atoms with E-state index in [1.54, 1.807) is 16.0 Å². The van der Waals surface area contributed by atoms with Gasteiger partial charge in [-0.3, -0.25) is 0 Å². The van der Waals surface area contributed by atoms with Gasteiger partial charge in [0, 0.05) is 29.6 Å². The van der Waals surface area contributed by atoms with E-state index in [0.29, 0.717) is 23.6 Å². The Morgan fingerprint density at radius 2 is 1.88 bits per heavy atom. The van der Waals surface area contributed by atoms with E-state index in [-0.39, 0.29) is 5.95 Å². The number of terminal acetylenes is 1. The van der Waals surface area contributed by atoms with Gasteiger partial charge in [0.1, 0.15) is 5.69 Å². The van der Waals surface area contributed by atoms with Gasteiger partial charge in [0.05, 0.1) is 29.8 Å². The highest BCUT2D eigenvalue weighted by atomic mass is 32.1. The van der Waals surface area contributed by atoms with Crippen molar-refractivity contribution >= 4 is 22.4 Å². The number of piperidine rings is 1. The third-order valence-electron chi connectivity index (χ3n) is 5.36. The van der Waals surface area contributed by atoms with Gasteiger partial charge in [0.25, 0.3) is 0 Å². The molecule has 0 saturated carbocycles. The van der Waals surface area contributed by atoms with Crippen molar-refractivity contribution in [3.05, 3.63) is 53.2 Å². The fraction of sp³-hybridized carbons (Fsp3) is 0.261. The van der Waals surface area contributed by atoms with Gasteiger partial charge in [0.15, 0.2) is 5.13 Å². The van der Waals surface area contributed by atoms with E-state index < -0.39 is 0 Å². The van der Waals surface area contributed by atoms with Gasteiger partial charge in [-0.1, -0.05) is 23.3 Å². The lowest BCUT2D eigenvalue weighted by Gasteiger charge is -2.25. The predicted molar refractivity (Wildman–Crippen MR) is 126 cm³/mol. The number of nitrogen functional groups attached to an aromatic ring is 1. The number of nitrogens with zero attached hydrogens (tertiary/aromatic N) is 7. The van der Waals surface area contributed by atoms with Gasteiger partial charge in [0.2, 0.25) is 5.95 Å². The molecule has 0 atom stereocenters. The first-order valence-electron chi connectivity index (χ1n) is 10.5. The predicted octanol–water partition coefficient (Wildman–Crippen LogP) is 3.46. The largest absolute Gasteiger partial charge is 0.368 e. The molecule has 1 aromatic carbocycles. The van der Waals surface area contributed by atoms with Crippen LogP contribution >= 0.6 is 11.3 Å². The molecule has 1 aliphatic heterocycles. The maximum absolute atomic E-state index is 5.98. The summed E-state index contributed by atoms with van der Waals surface area (Å²) in [6.07, 6.45) is 11.1. The molecule has 32 heavy (non-hydrogen) atoms. The van der Waals surface area contributed by atoms with Crippen molar-refractivity contribution in [1.29, 1.82) is 0 Å². The molecule has 0 radical (unpaired) electrons. The molecular weight excluding hydrogens is 420 g/mol. The number of rotatable bonds is 5. The Balaban J connectivity index is 1.36. The van der Waals surface area contributed by atoms with Crippen LogP contribution in [0.25, 0.3) is 22.6 Å². The summed E-state index contributed by atoms with van der Waals surface area (Å²) < 4.78 is 1.77. The van der Waals surface area contributed by atoms with E-state index in [4.69, 9.17) is 17.1 Å². The zero-order valence-corrected chi connectivity index (χ0v) is 18.3. The third kappa shape index (κ3) is 4.31. The van der Waals surface area contributed by atoms with Gasteiger partial charge in [-0.05, 0) is 37.5 Å². The molecule has 1 saturated heterocycles. The van der Waals surface area contributed by atoms with Crippen molar-refractivity contribution in [2.45, 2.75) is 25.8 Å². The van der Waals surface area contributed by atoms with Crippen LogP contribution in [-0.4, -0.2) is 43.0 Å². The van der Waals surface area contributed by atoms with Crippen LogP contribution in [0, 0.1) is 12.3 Å². The first-order valence-corrected chi connectivity index (χ1v) is 11.4. The van der Waals surface area contributed by atoms with Crippen LogP contribution in [-0.2, 0) is 6.54 Å². The lowest BCUT2D eigenvalue weighted by atomic mass is 10.1. The van der Waals surface area contributed by atoms with Crippen LogP contribution in [0.1, 0.15) is 30.5 Å². The Labute approximate surface area is 190 Å². The van der Waals surface area contributed by atoms with Gasteiger partial charge in [-0.25, -0.2) is 19.6 Å². The second kappa shape index (κ2) is 8.77. The summed E-state index contributed by atoms with van der Waals surface area (Å²) in [6, 6.07) is 9.44. The summed E-state index contributed by atoms with van der Waals surface area (Å²) in [5.41, 5.74) is 10.5. The zero-order valence-electron chi connectivity index (χ0n) is 17.5. The van der Waals surface area contributed by atoms with Crippen LogP contribution < -0.4 is 10.6 Å². The summed E-state index contributed by atoms with van der Waals surface area (Å²) in [4.78, 5) is 15.9. The van der Waals surface area contributed by atoms with Crippen LogP contribution in [0.5, 0.6) is 0 Å². The standard InChI is InChI=1S/C23H22N8S/c1-2-16-7-6-8-17(11-16)19-12-20(27-22(24)26-19)21-14-31(29-28-21)13-18-15-32-23(25-18)30-9-4-3-5-10-30/h1,6-8,11-12,14-15H,3-5,9-10,13H2,(H2,24,26,27). The van der Waals surface area contributed by atoms with Crippen molar-refractivity contribution < 1.29 is 0 Å². The molecule has 4 heterocycles. The summed E-state index contributed by atoms with van der Waals surface area (Å²) >= 11 is 1.69. The van der Waals surface area contributed by atoms with Crippen LogP contribution in [0.3, 0.4) is 0 Å². The lowest BCUT2D eigenvalue weighted by molar-refractivity contribution is 0.575. The van der Waals surface area contributed by atoms with E-state index in [2.05, 4.69) is 36.5 Å². The molecule has 1 aliphatic rings. The molecule has 160 valence electrons. The Bertz CT molecular complexity index is 1280. The summed E-state index contributed by atoms with van der Waals surface area (Å²) in [7, 11) is 0. The second-order valence-corrected chi connectivity index (χ2v) is 8.53. The molecule has 0 spiro atoms. The van der Waals surface area contributed by atoms with Gasteiger partial charge in [-0.2, -0.15) is 0 Å². The second-order valence-electron chi connectivity index (χ2n) is 7.69. The molecule has 0 unspecified atom stereocenters. The lowest BCUT2D eigenvalue weighted by Crippen LogP contribution is -2.29. The molecule has 5 rings (SSSR count). The minimum atomic E-state index is 0.170. The molecule has 0 bridgehead atoms. The average molecular weight is 443 g/mol. The monoisotopic (exact) mass is 442 g/mol. The van der Waals surface area contributed by atoms with Crippen molar-refractivity contribution in [2.24, 2.45) is 0 Å². The maximum atomic E-state index is 5.98. The number of hydrogen-bond donors (Lipinski definition) is 1. The highest BCUT2D eigenvalue weighted by Crippen LogP contribution is 2.26. The van der Waals surface area contributed by atoms with E-state index in [1.165, 1.54) is 19.3 Å². The highest BCUT2D eigenvalue weighted by molar-refractivity contribution is 7.13. The minimum absolute atomic E-state index is 0.170. The molecule has 2 N–H and O–H groups in total. The Morgan fingerprint density at radius 1 is 1.03 bits per heavy atom. The van der Waals surface area contributed by atoms with Gasteiger partial charge >= 0.3 is 0 Å². The first-order chi connectivity index (χ1) is 15.7. The van der Waals surface area contributed by atoms with Crippen LogP contribution in [0.15, 0.2) is 41.9 Å². The molecule has 4 aromatic rings. The van der Waals surface area contributed by atoms with Crippen LogP contribution in [0.4, 0.5) is 11.1 Å². The van der Waals surface area contributed by atoms with E-state index in [0.717, 1.165) is 35.0 Å². The van der Waals surface area contributed by atoms with Crippen molar-refractivity contribution in [2.75, 3.05) is 23.7 Å². The molecule has 3 aromatic heterocycles. The van der Waals surface area contributed by atoms with Crippen LogP contribution in [0.2, 0.25) is 0 Å². The van der Waals surface area contributed by atoms with Crippen molar-refractivity contribution in [3.8, 4) is 35.0 Å². The Hall–Kier alpha value is -3.77. The third-order valence-corrected chi connectivity index (χ3v) is 6.31. The fourth-order valence-electron chi connectivity index (χ4n) is 3.77. The number of aromatic nitrogens is 6. The number of benzene rings is 1. The highest BCUT2D eigenvalue weighted by Gasteiger charge is 2.15. The number of hydrogen-bond acceptors (Lipinski definition) is 8. The van der Waals surface area contributed by atoms with Crippen molar-refractivity contribution in [3.63, 3.8) is 0 Å². The smallest absolute Gasteiger partial charge is 0.221 e. The number of nitrogens with two attached hydrogens (primary N) is 1. The molecular formula is C23H22N8S. The Kier molecular flexibility index (Phi) is 5.52. The minimum Gasteiger partial charge on any atom is -0.368 e. The first kappa shape index (κ1) is 20.2. The maximum Gasteiger partial charge on any atom is 0.221 e. The quantitative estimate of drug-likeness (QED) is 0.473. The van der Waals surface area contributed by atoms with Gasteiger partial charge < -0.3 is 10.6 Å². The fourth-order valence-corrected chi connectivity index (χ4v) is 4.64. The summed E-state index contributed by atoms with van der Waals surface area (Å²) in [6.45, 7) is 2.72. The van der Waals surface area contributed by atoms with E-state index in [1.807, 2.05) is 36.5 Å². The van der Waals surface area contributed by atoms with Gasteiger partial charge in [-0.15, -0.1) is 22.9 Å². The number of thiazole rings is 1. The molecule has 9 heteroatoms. The van der Waals surface area contributed by atoms with Crippen molar-refractivity contribution in [1.82, 2.24) is 29.9 Å². The van der Waals surface area contributed by atoms with E-state index in [9.17, 15) is 0 Å². The molecule has 8 nitrogen and oxygen atoms in total. The SMILES string of the molecule is C#Cc1cccc(-c2cc(-c3cn(Cc4csc(N5CCCCC5)n4)nn3)nc(N)n2)c1. The summed E-state index contributed by atoms with van der Waals surface area (Å²) in [5, 5.41) is 11.7. The Morgan fingerprint density at radius 3 is 2.72 bits per heavy atom. The summed E-state index contributed by atoms with van der Waals surface area (Å²) in [5.74, 6) is 2.81. The average Bonchev–Trinajstić information content (AvgIpc) is 3.50. The zero-order chi connectivity index (χ0) is 21.9. The van der Waals surface area contributed by atoms with E-state index >= 15 is 0 Å². The topological polar surface area (TPSA) is 98.6 Å². The molecule has 1 fully saturated rings.